The third-order valence-corrected chi connectivity index (χ3v) is 18.9. The van der Waals surface area contributed by atoms with Gasteiger partial charge in [0.2, 0.25) is 0 Å². The van der Waals surface area contributed by atoms with Gasteiger partial charge < -0.3 is 9.13 Å². The van der Waals surface area contributed by atoms with E-state index in [4.69, 9.17) is 19.9 Å². The topological polar surface area (TPSA) is 61.4 Å². The van der Waals surface area contributed by atoms with Gasteiger partial charge in [-0.05, 0) is 245 Å². The number of benzene rings is 11. The molecule has 0 saturated heterocycles. The van der Waals surface area contributed by atoms with Crippen LogP contribution in [0.1, 0.15) is 66.8 Å². The zero-order valence-corrected chi connectivity index (χ0v) is 54.5. The van der Waals surface area contributed by atoms with Crippen LogP contribution < -0.4 is 0 Å². The van der Waals surface area contributed by atoms with Gasteiger partial charge in [-0.1, -0.05) is 156 Å². The van der Waals surface area contributed by atoms with E-state index in [1.807, 2.05) is 42.6 Å². The Kier molecular flexibility index (Phi) is 14.1. The molecule has 0 aliphatic heterocycles. The molecule has 4 aromatic heterocycles. The molecule has 0 aliphatic rings. The van der Waals surface area contributed by atoms with Crippen LogP contribution in [0.4, 0.5) is 0 Å². The smallest absolute Gasteiger partial charge is 0.164 e. The van der Waals surface area contributed by atoms with Gasteiger partial charge in [0.25, 0.3) is 0 Å². The molecule has 446 valence electrons. The summed E-state index contributed by atoms with van der Waals surface area (Å²) in [4.78, 5) is 20.9. The molecule has 4 heterocycles. The molecule has 0 aliphatic carbocycles. The Hall–Kier alpha value is -10.8. The molecule has 15 aromatic rings. The molecule has 6 heteroatoms. The minimum absolute atomic E-state index is 0.570. The maximum absolute atomic E-state index is 5.35. The minimum Gasteiger partial charge on any atom is -0.309 e. The van der Waals surface area contributed by atoms with E-state index in [0.29, 0.717) is 17.5 Å². The van der Waals surface area contributed by atoms with Gasteiger partial charge in [0.05, 0.1) is 33.4 Å². The maximum Gasteiger partial charge on any atom is 0.164 e. The van der Waals surface area contributed by atoms with Crippen molar-refractivity contribution in [3.63, 3.8) is 0 Å². The van der Waals surface area contributed by atoms with Crippen LogP contribution in [0.5, 0.6) is 0 Å². The zero-order valence-electron chi connectivity index (χ0n) is 54.5. The first-order valence-electron chi connectivity index (χ1n) is 32.0. The fraction of sp³-hybridized carbons (Fsp3) is 0.140. The van der Waals surface area contributed by atoms with E-state index >= 15 is 0 Å². The quantitative estimate of drug-likeness (QED) is 0.137. The Balaban J connectivity index is 1.04. The molecule has 6 nitrogen and oxygen atoms in total. The van der Waals surface area contributed by atoms with Gasteiger partial charge in [0.1, 0.15) is 0 Å². The highest BCUT2D eigenvalue weighted by molar-refractivity contribution is 6.14. The van der Waals surface area contributed by atoms with Gasteiger partial charge >= 0.3 is 0 Å². The average molecular weight is 1190 g/mol. The zero-order chi connectivity index (χ0) is 63.4. The second kappa shape index (κ2) is 22.6. The Morgan fingerprint density at radius 2 is 0.543 bits per heavy atom. The summed E-state index contributed by atoms with van der Waals surface area (Å²) in [7, 11) is 0. The lowest BCUT2D eigenvalue weighted by molar-refractivity contribution is 1.07. The third kappa shape index (κ3) is 9.89. The molecule has 0 N–H and O–H groups in total. The monoisotopic (exact) mass is 1190 g/mol. The predicted molar refractivity (Wildman–Crippen MR) is 387 cm³/mol. The van der Waals surface area contributed by atoms with Gasteiger partial charge in [-0.3, -0.25) is 4.98 Å². The van der Waals surface area contributed by atoms with Crippen molar-refractivity contribution in [1.29, 1.82) is 0 Å². The summed E-state index contributed by atoms with van der Waals surface area (Å²) >= 11 is 0. The first-order valence-corrected chi connectivity index (χ1v) is 32.0. The van der Waals surface area contributed by atoms with E-state index in [9.17, 15) is 0 Å². The highest BCUT2D eigenvalue weighted by atomic mass is 15.0. The minimum atomic E-state index is 0.570. The standard InChI is InChI=1S/C86H72N6/c1-49-35-53(5)80(54(6)36-49)63-23-28-74-68(43-63)69-44-64(81-55(7)37-50(2)38-56(81)8)24-29-75(69)91(74)78-32-27-67(86-89-84(61-19-15-13-16-20-61)88-85(90-86)62-21-17-14-18-22-62)47-72(78)73-48-87-34-33-79(73)92-76-30-25-65(82-57(9)39-51(3)40-58(82)10)45-70(76)71-46-66(26-31-77(71)92)83-59(11)41-52(4)42-60(83)12/h13-48H,1-12H3. The van der Waals surface area contributed by atoms with Crippen LogP contribution in [-0.2, 0) is 0 Å². The molecule has 0 spiro atoms. The van der Waals surface area contributed by atoms with E-state index in [1.165, 1.54) is 133 Å². The highest BCUT2D eigenvalue weighted by Crippen LogP contribution is 2.46. The van der Waals surface area contributed by atoms with E-state index in [2.05, 4.69) is 268 Å². The van der Waals surface area contributed by atoms with E-state index in [-0.39, 0.29) is 0 Å². The number of aromatic nitrogens is 6. The van der Waals surface area contributed by atoms with Gasteiger partial charge in [0, 0.05) is 61.8 Å². The summed E-state index contributed by atoms with van der Waals surface area (Å²) < 4.78 is 4.96. The summed E-state index contributed by atoms with van der Waals surface area (Å²) in [5.74, 6) is 1.77. The number of aryl methyl sites for hydroxylation is 12. The fourth-order valence-electron chi connectivity index (χ4n) is 15.5. The Labute approximate surface area is 539 Å². The molecule has 0 fully saturated rings. The Morgan fingerprint density at radius 1 is 0.250 bits per heavy atom. The maximum atomic E-state index is 5.35. The Morgan fingerprint density at radius 3 is 0.870 bits per heavy atom. The summed E-state index contributed by atoms with van der Waals surface area (Å²) in [5.41, 5.74) is 36.0. The van der Waals surface area contributed by atoms with Crippen molar-refractivity contribution >= 4 is 43.6 Å². The fourth-order valence-corrected chi connectivity index (χ4v) is 15.5. The lowest BCUT2D eigenvalue weighted by Gasteiger charge is -2.20. The molecule has 0 atom stereocenters. The second-order valence-corrected chi connectivity index (χ2v) is 25.9. The van der Waals surface area contributed by atoms with Gasteiger partial charge in [-0.25, -0.2) is 15.0 Å². The normalized spacial score (nSPS) is 11.7. The highest BCUT2D eigenvalue weighted by Gasteiger charge is 2.25. The van der Waals surface area contributed by atoms with Crippen molar-refractivity contribution in [1.82, 2.24) is 29.1 Å². The Bertz CT molecular complexity index is 5150. The van der Waals surface area contributed by atoms with Gasteiger partial charge in [0.15, 0.2) is 17.5 Å². The summed E-state index contributed by atoms with van der Waals surface area (Å²) in [5, 5.41) is 4.70. The van der Waals surface area contributed by atoms with Crippen molar-refractivity contribution in [3.8, 4) is 101 Å². The number of fused-ring (bicyclic) bond motifs is 6. The van der Waals surface area contributed by atoms with Gasteiger partial charge in [-0.2, -0.15) is 0 Å². The molecule has 15 rings (SSSR count). The molecule has 0 saturated carbocycles. The summed E-state index contributed by atoms with van der Waals surface area (Å²) in [6.45, 7) is 26.7. The van der Waals surface area contributed by atoms with Crippen LogP contribution >= 0.6 is 0 Å². The second-order valence-electron chi connectivity index (χ2n) is 25.9. The summed E-state index contributed by atoms with van der Waals surface area (Å²) in [6, 6.07) is 76.2. The number of pyridine rings is 1. The SMILES string of the molecule is Cc1cc(C)c(-c2ccc3c(c2)c2cc(-c4c(C)cc(C)cc4C)ccc2n3-c2ccncc2-c2cc(-c3nc(-c4ccccc4)nc(-c4ccccc4)n3)ccc2-n2c3ccc(-c4c(C)cc(C)cc4C)cc3c3cc(-c4c(C)cc(C)cc4C)ccc32)c(C)c1. The molecule has 0 amide bonds. The lowest BCUT2D eigenvalue weighted by atomic mass is 9.91. The van der Waals surface area contributed by atoms with E-state index in [0.717, 1.165) is 61.3 Å². The number of hydrogen-bond donors (Lipinski definition) is 0. The molecule has 0 unspecified atom stereocenters. The predicted octanol–water partition coefficient (Wildman–Crippen LogP) is 22.5. The molecule has 92 heavy (non-hydrogen) atoms. The number of hydrogen-bond acceptors (Lipinski definition) is 4. The largest absolute Gasteiger partial charge is 0.309 e. The summed E-state index contributed by atoms with van der Waals surface area (Å²) in [6.07, 6.45) is 4.00. The first-order chi connectivity index (χ1) is 44.5. The van der Waals surface area contributed by atoms with Crippen LogP contribution in [0.25, 0.3) is 145 Å². The first kappa shape index (κ1) is 57.6. The van der Waals surface area contributed by atoms with Gasteiger partial charge in [-0.15, -0.1) is 0 Å². The van der Waals surface area contributed by atoms with Crippen LogP contribution in [0, 0.1) is 83.1 Å². The van der Waals surface area contributed by atoms with E-state index < -0.39 is 0 Å². The van der Waals surface area contributed by atoms with Crippen molar-refractivity contribution in [2.24, 2.45) is 0 Å². The van der Waals surface area contributed by atoms with Crippen molar-refractivity contribution in [2.75, 3.05) is 0 Å². The molecule has 0 bridgehead atoms. The third-order valence-electron chi connectivity index (χ3n) is 18.9. The van der Waals surface area contributed by atoms with Crippen LogP contribution in [0.2, 0.25) is 0 Å². The average Bonchev–Trinajstić information content (AvgIpc) is 1.56. The molecular weight excluding hydrogens is 1120 g/mol. The lowest BCUT2D eigenvalue weighted by Crippen LogP contribution is -2.04. The van der Waals surface area contributed by atoms with E-state index in [1.54, 1.807) is 0 Å². The molecule has 0 radical (unpaired) electrons. The molecular formula is C86H72N6. The number of rotatable bonds is 10. The van der Waals surface area contributed by atoms with Crippen molar-refractivity contribution in [2.45, 2.75) is 83.1 Å². The van der Waals surface area contributed by atoms with Crippen LogP contribution in [0.15, 0.2) is 219 Å². The van der Waals surface area contributed by atoms with Crippen molar-refractivity contribution in [3.05, 3.63) is 285 Å². The molecule has 11 aromatic carbocycles. The van der Waals surface area contributed by atoms with Crippen LogP contribution in [0.3, 0.4) is 0 Å². The number of nitrogens with zero attached hydrogens (tertiary/aromatic N) is 6. The van der Waals surface area contributed by atoms with Crippen LogP contribution in [-0.4, -0.2) is 29.1 Å². The van der Waals surface area contributed by atoms with Crippen molar-refractivity contribution < 1.29 is 0 Å².